The van der Waals surface area contributed by atoms with Crippen molar-refractivity contribution in [3.05, 3.63) is 53.6 Å². The Balaban J connectivity index is 2.02. The minimum absolute atomic E-state index is 0.0213. The fourth-order valence-corrected chi connectivity index (χ4v) is 3.47. The van der Waals surface area contributed by atoms with Crippen LogP contribution in [0.25, 0.3) is 0 Å². The topological polar surface area (TPSA) is 43.0 Å². The molecule has 1 heterocycles. The van der Waals surface area contributed by atoms with Crippen LogP contribution in [0.15, 0.2) is 42.5 Å². The third kappa shape index (κ3) is 5.13. The molecule has 0 aromatic heterocycles. The standard InChI is InChI=1S/C21H25F3N2O3/c1-27-18-12-16(20(21(22,23)24)26-10-8-25-9-11-26)17(13-19(18)28-2)29-14-15-6-4-3-5-7-15/h3-7,12-13,20,25H,8-11,14H2,1-2H3/t20-/m1/s1. The summed E-state index contributed by atoms with van der Waals surface area (Å²) >= 11 is 0. The third-order valence-corrected chi connectivity index (χ3v) is 4.87. The van der Waals surface area contributed by atoms with Crippen molar-refractivity contribution < 1.29 is 27.4 Å². The molecule has 158 valence electrons. The molecule has 5 nitrogen and oxygen atoms in total. The highest BCUT2D eigenvalue weighted by Gasteiger charge is 2.46. The van der Waals surface area contributed by atoms with Crippen molar-refractivity contribution in [3.63, 3.8) is 0 Å². The highest BCUT2D eigenvalue weighted by atomic mass is 19.4. The van der Waals surface area contributed by atoms with Gasteiger partial charge in [-0.25, -0.2) is 0 Å². The largest absolute Gasteiger partial charge is 0.493 e. The van der Waals surface area contributed by atoms with Gasteiger partial charge in [-0.3, -0.25) is 4.90 Å². The van der Waals surface area contributed by atoms with Gasteiger partial charge < -0.3 is 19.5 Å². The lowest BCUT2D eigenvalue weighted by Gasteiger charge is -2.37. The Labute approximate surface area is 168 Å². The Kier molecular flexibility index (Phi) is 6.87. The van der Waals surface area contributed by atoms with Crippen LogP contribution >= 0.6 is 0 Å². The molecule has 3 rings (SSSR count). The molecule has 29 heavy (non-hydrogen) atoms. The van der Waals surface area contributed by atoms with Crippen LogP contribution in [0.1, 0.15) is 17.2 Å². The zero-order valence-corrected chi connectivity index (χ0v) is 16.5. The van der Waals surface area contributed by atoms with Gasteiger partial charge in [-0.05, 0) is 11.6 Å². The molecule has 0 saturated carbocycles. The van der Waals surface area contributed by atoms with Gasteiger partial charge in [-0.2, -0.15) is 13.2 Å². The molecule has 1 N–H and O–H groups in total. The molecule has 1 aliphatic rings. The smallest absolute Gasteiger partial charge is 0.408 e. The van der Waals surface area contributed by atoms with E-state index in [0.717, 1.165) is 5.56 Å². The van der Waals surface area contributed by atoms with E-state index in [1.807, 2.05) is 30.3 Å². The first-order valence-corrected chi connectivity index (χ1v) is 9.38. The molecule has 0 radical (unpaired) electrons. The minimum atomic E-state index is -4.47. The highest BCUT2D eigenvalue weighted by molar-refractivity contribution is 5.52. The van der Waals surface area contributed by atoms with Crippen molar-refractivity contribution in [1.82, 2.24) is 10.2 Å². The van der Waals surface area contributed by atoms with Crippen molar-refractivity contribution in [2.75, 3.05) is 40.4 Å². The molecule has 1 atom stereocenters. The van der Waals surface area contributed by atoms with Crippen LogP contribution in [0, 0.1) is 0 Å². The number of nitrogens with one attached hydrogen (secondary N) is 1. The van der Waals surface area contributed by atoms with Crippen LogP contribution in [0.2, 0.25) is 0 Å². The lowest BCUT2D eigenvalue weighted by Crippen LogP contribution is -2.49. The summed E-state index contributed by atoms with van der Waals surface area (Å²) in [5.41, 5.74) is 0.881. The summed E-state index contributed by atoms with van der Waals surface area (Å²) in [7, 11) is 2.84. The average Bonchev–Trinajstić information content (AvgIpc) is 2.73. The quantitative estimate of drug-likeness (QED) is 0.752. The monoisotopic (exact) mass is 410 g/mol. The maximum absolute atomic E-state index is 14.2. The molecular formula is C21H25F3N2O3. The Morgan fingerprint density at radius 2 is 1.59 bits per heavy atom. The second-order valence-electron chi connectivity index (χ2n) is 6.75. The predicted octanol–water partition coefficient (Wildman–Crippen LogP) is 3.79. The van der Waals surface area contributed by atoms with Gasteiger partial charge in [-0.1, -0.05) is 30.3 Å². The maximum Gasteiger partial charge on any atom is 0.408 e. The average molecular weight is 410 g/mol. The summed E-state index contributed by atoms with van der Waals surface area (Å²) in [4.78, 5) is 1.42. The third-order valence-electron chi connectivity index (χ3n) is 4.87. The van der Waals surface area contributed by atoms with Crippen LogP contribution < -0.4 is 19.5 Å². The predicted molar refractivity (Wildman–Crippen MR) is 104 cm³/mol. The van der Waals surface area contributed by atoms with Gasteiger partial charge in [0.05, 0.1) is 14.2 Å². The van der Waals surface area contributed by atoms with Crippen LogP contribution in [0.5, 0.6) is 17.2 Å². The second-order valence-corrected chi connectivity index (χ2v) is 6.75. The second kappa shape index (κ2) is 9.37. The van der Waals surface area contributed by atoms with Gasteiger partial charge in [0.25, 0.3) is 0 Å². The fourth-order valence-electron chi connectivity index (χ4n) is 3.47. The molecule has 0 unspecified atom stereocenters. The van der Waals surface area contributed by atoms with E-state index in [2.05, 4.69) is 5.32 Å². The van der Waals surface area contributed by atoms with Gasteiger partial charge >= 0.3 is 6.18 Å². The van der Waals surface area contributed by atoms with Crippen LogP contribution in [-0.2, 0) is 6.61 Å². The van der Waals surface area contributed by atoms with Crippen molar-refractivity contribution in [1.29, 1.82) is 0 Å². The minimum Gasteiger partial charge on any atom is -0.493 e. The van der Waals surface area contributed by atoms with Crippen molar-refractivity contribution in [2.24, 2.45) is 0 Å². The number of benzene rings is 2. The van der Waals surface area contributed by atoms with E-state index < -0.39 is 12.2 Å². The van der Waals surface area contributed by atoms with E-state index in [9.17, 15) is 13.2 Å². The molecule has 1 aliphatic heterocycles. The van der Waals surface area contributed by atoms with Crippen LogP contribution in [-0.4, -0.2) is 51.5 Å². The van der Waals surface area contributed by atoms with Gasteiger partial charge in [-0.15, -0.1) is 0 Å². The van der Waals surface area contributed by atoms with E-state index in [1.165, 1.54) is 31.3 Å². The van der Waals surface area contributed by atoms with Gasteiger partial charge in [0.2, 0.25) is 0 Å². The molecule has 1 fully saturated rings. The molecule has 0 bridgehead atoms. The van der Waals surface area contributed by atoms with Crippen molar-refractivity contribution in [3.8, 4) is 17.2 Å². The summed E-state index contributed by atoms with van der Waals surface area (Å²) in [6.07, 6.45) is -4.47. The van der Waals surface area contributed by atoms with E-state index in [4.69, 9.17) is 14.2 Å². The van der Waals surface area contributed by atoms with E-state index in [0.29, 0.717) is 18.8 Å². The number of rotatable bonds is 7. The Morgan fingerprint density at radius 1 is 0.966 bits per heavy atom. The summed E-state index contributed by atoms with van der Waals surface area (Å²) in [5, 5.41) is 3.09. The van der Waals surface area contributed by atoms with Crippen LogP contribution in [0.3, 0.4) is 0 Å². The van der Waals surface area contributed by atoms with Gasteiger partial charge in [0.1, 0.15) is 18.4 Å². The molecule has 2 aromatic carbocycles. The summed E-state index contributed by atoms with van der Waals surface area (Å²) in [5.74, 6) is 0.687. The van der Waals surface area contributed by atoms with E-state index in [1.54, 1.807) is 0 Å². The van der Waals surface area contributed by atoms with Gasteiger partial charge in [0, 0.05) is 37.8 Å². The number of nitrogens with zero attached hydrogens (tertiary/aromatic N) is 1. The molecule has 8 heteroatoms. The number of hydrogen-bond donors (Lipinski definition) is 1. The van der Waals surface area contributed by atoms with Crippen molar-refractivity contribution >= 4 is 0 Å². The SMILES string of the molecule is COc1cc(OCc2ccccc2)c([C@@H](N2CCNCC2)C(F)(F)F)cc1OC. The Bertz CT molecular complexity index is 794. The zero-order chi connectivity index (χ0) is 20.9. The Hall–Kier alpha value is -2.45. The Morgan fingerprint density at radius 3 is 2.17 bits per heavy atom. The molecule has 2 aromatic rings. The summed E-state index contributed by atoms with van der Waals surface area (Å²) < 4.78 is 58.9. The van der Waals surface area contributed by atoms with E-state index >= 15 is 0 Å². The summed E-state index contributed by atoms with van der Waals surface area (Å²) in [6.45, 7) is 1.73. The molecule has 1 saturated heterocycles. The number of piperazine rings is 1. The first-order valence-electron chi connectivity index (χ1n) is 9.38. The number of hydrogen-bond acceptors (Lipinski definition) is 5. The van der Waals surface area contributed by atoms with E-state index in [-0.39, 0.29) is 36.8 Å². The first kappa shape index (κ1) is 21.3. The number of methoxy groups -OCH3 is 2. The highest BCUT2D eigenvalue weighted by Crippen LogP contribution is 2.45. The number of alkyl halides is 3. The summed E-state index contributed by atoms with van der Waals surface area (Å²) in [6, 6.07) is 10.3. The fraction of sp³-hybridized carbons (Fsp3) is 0.429. The lowest BCUT2D eigenvalue weighted by atomic mass is 10.0. The lowest BCUT2D eigenvalue weighted by molar-refractivity contribution is -0.188. The molecular weight excluding hydrogens is 385 g/mol. The maximum atomic E-state index is 14.2. The zero-order valence-electron chi connectivity index (χ0n) is 16.5. The number of halogens is 3. The number of ether oxygens (including phenoxy) is 3. The van der Waals surface area contributed by atoms with Crippen molar-refractivity contribution in [2.45, 2.75) is 18.8 Å². The van der Waals surface area contributed by atoms with Gasteiger partial charge in [0.15, 0.2) is 11.5 Å². The molecule has 0 aliphatic carbocycles. The molecule has 0 spiro atoms. The first-order chi connectivity index (χ1) is 13.9. The normalized spacial score (nSPS) is 16.3. The molecule has 0 amide bonds. The van der Waals surface area contributed by atoms with Crippen LogP contribution in [0.4, 0.5) is 13.2 Å².